The fourth-order valence-corrected chi connectivity index (χ4v) is 2.95. The molecule has 0 spiro atoms. The number of nitrogens with zero attached hydrogens (tertiary/aromatic N) is 4. The van der Waals surface area contributed by atoms with Gasteiger partial charge >= 0.3 is 0 Å². The molecular weight excluding hydrogens is 423 g/mol. The number of amides is 1. The molecule has 0 aliphatic heterocycles. The maximum atomic E-state index is 14.4. The van der Waals surface area contributed by atoms with Gasteiger partial charge in [0.2, 0.25) is 5.91 Å². The van der Waals surface area contributed by atoms with Crippen molar-refractivity contribution in [2.24, 2.45) is 16.0 Å². The molecule has 164 valence electrons. The summed E-state index contributed by atoms with van der Waals surface area (Å²) in [6.07, 6.45) is 1.38. The highest BCUT2D eigenvalue weighted by Gasteiger charge is 2.23. The quantitative estimate of drug-likeness (QED) is 0.242. The Bertz CT molecular complexity index is 1230. The van der Waals surface area contributed by atoms with Crippen LogP contribution >= 0.6 is 0 Å². The molecule has 3 rings (SSSR count). The maximum absolute atomic E-state index is 14.4. The van der Waals surface area contributed by atoms with Gasteiger partial charge in [0, 0.05) is 25.4 Å². The van der Waals surface area contributed by atoms with Gasteiger partial charge in [0.15, 0.2) is 17.5 Å². The van der Waals surface area contributed by atoms with Crippen LogP contribution in [0, 0.1) is 17.5 Å². The van der Waals surface area contributed by atoms with Crippen LogP contribution in [0.4, 0.5) is 30.4 Å². The molecule has 32 heavy (non-hydrogen) atoms. The van der Waals surface area contributed by atoms with E-state index in [9.17, 15) is 18.0 Å². The van der Waals surface area contributed by atoms with Crippen molar-refractivity contribution in [3.63, 3.8) is 0 Å². The number of carbonyl (C=O) groups excluding carboxylic acids is 1. The lowest BCUT2D eigenvalue weighted by Crippen LogP contribution is -2.29. The molecule has 0 saturated carbocycles. The van der Waals surface area contributed by atoms with Crippen LogP contribution in [0.1, 0.15) is 12.5 Å². The first-order valence-corrected chi connectivity index (χ1v) is 9.08. The van der Waals surface area contributed by atoms with Crippen LogP contribution in [-0.4, -0.2) is 23.4 Å². The van der Waals surface area contributed by atoms with E-state index < -0.39 is 23.4 Å². The van der Waals surface area contributed by atoms with E-state index in [1.54, 1.807) is 6.07 Å². The summed E-state index contributed by atoms with van der Waals surface area (Å²) in [5.41, 5.74) is 6.60. The molecule has 1 amide bonds. The lowest BCUT2D eigenvalue weighted by atomic mass is 10.0. The summed E-state index contributed by atoms with van der Waals surface area (Å²) in [6.45, 7) is 4.62. The van der Waals surface area contributed by atoms with Gasteiger partial charge in [-0.15, -0.1) is 0 Å². The molecule has 8 nitrogen and oxygen atoms in total. The number of rotatable bonds is 5. The summed E-state index contributed by atoms with van der Waals surface area (Å²) in [5.74, 6) is 1.91. The van der Waals surface area contributed by atoms with Gasteiger partial charge in [-0.05, 0) is 35.9 Å². The number of benzene rings is 2. The Morgan fingerprint density at radius 2 is 1.88 bits per heavy atom. The van der Waals surface area contributed by atoms with Crippen molar-refractivity contribution in [2.45, 2.75) is 6.92 Å². The van der Waals surface area contributed by atoms with Gasteiger partial charge in [-0.3, -0.25) is 4.79 Å². The van der Waals surface area contributed by atoms with Crippen LogP contribution in [0.15, 0.2) is 58.9 Å². The van der Waals surface area contributed by atoms with Gasteiger partial charge in [0.05, 0.1) is 11.3 Å². The van der Waals surface area contributed by atoms with E-state index in [0.717, 1.165) is 11.1 Å². The molecule has 0 aliphatic carbocycles. The van der Waals surface area contributed by atoms with Gasteiger partial charge in [-0.1, -0.05) is 12.1 Å². The number of nitrogens with one attached hydrogen (secondary N) is 1. The van der Waals surface area contributed by atoms with Crippen LogP contribution in [0.3, 0.4) is 0 Å². The number of pyridine rings is 1. The summed E-state index contributed by atoms with van der Waals surface area (Å²) in [4.78, 5) is 15.2. The smallest absolute Gasteiger partial charge is 0.221 e. The number of anilines is 3. The average Bonchev–Trinajstić information content (AvgIpc) is 2.76. The molecule has 1 heterocycles. The Labute approximate surface area is 181 Å². The molecule has 0 atom stereocenters. The Kier molecular flexibility index (Phi) is 6.38. The largest absolute Gasteiger partial charge is 0.383 e. The number of hydrogen-bond donors (Lipinski definition) is 3. The van der Waals surface area contributed by atoms with E-state index in [0.29, 0.717) is 11.1 Å². The van der Waals surface area contributed by atoms with Gasteiger partial charge < -0.3 is 16.9 Å². The summed E-state index contributed by atoms with van der Waals surface area (Å²) < 4.78 is 42.5. The Hall–Kier alpha value is -4.41. The van der Waals surface area contributed by atoms with Crippen molar-refractivity contribution in [3.05, 3.63) is 71.7 Å². The summed E-state index contributed by atoms with van der Waals surface area (Å²) in [6, 6.07) is 9.09. The highest BCUT2D eigenvalue weighted by molar-refractivity contribution is 6.12. The molecule has 0 unspecified atom stereocenters. The number of hydrogen-bond acceptors (Lipinski definition) is 6. The van der Waals surface area contributed by atoms with Crippen molar-refractivity contribution < 1.29 is 18.0 Å². The second kappa shape index (κ2) is 9.16. The first kappa shape index (κ1) is 22.3. The molecule has 0 bridgehead atoms. The Morgan fingerprint density at radius 3 is 2.50 bits per heavy atom. The minimum Gasteiger partial charge on any atom is -0.383 e. The predicted molar refractivity (Wildman–Crippen MR) is 117 cm³/mol. The molecule has 1 aromatic heterocycles. The first-order valence-electron chi connectivity index (χ1n) is 9.08. The van der Waals surface area contributed by atoms with Crippen molar-refractivity contribution in [1.82, 2.24) is 4.98 Å². The first-order chi connectivity index (χ1) is 15.3. The van der Waals surface area contributed by atoms with Crippen molar-refractivity contribution in [2.75, 3.05) is 16.1 Å². The summed E-state index contributed by atoms with van der Waals surface area (Å²) >= 11 is 0. The maximum Gasteiger partial charge on any atom is 0.221 e. The van der Waals surface area contributed by atoms with E-state index >= 15 is 0 Å². The summed E-state index contributed by atoms with van der Waals surface area (Å²) in [5, 5.41) is 10.5. The number of amidine groups is 1. The third-order valence-corrected chi connectivity index (χ3v) is 4.40. The molecule has 0 saturated heterocycles. The lowest BCUT2D eigenvalue weighted by molar-refractivity contribution is -0.114. The standard InChI is InChI=1S/C21H18F3N7O/c1-11(32)29-17-7-6-12(9-16(17)23)13-8-14(20(25)28-10-13)21(30-26)31(27-2)18-5-3-4-15(22)19(18)24/h3-10H,2,26H2,1H3,(H2,25,28)(H,29,32)/b30-21-. The van der Waals surface area contributed by atoms with Gasteiger partial charge in [0.25, 0.3) is 0 Å². The zero-order chi connectivity index (χ0) is 23.4. The average molecular weight is 441 g/mol. The fraction of sp³-hybridized carbons (Fsp3) is 0.0476. The van der Waals surface area contributed by atoms with Crippen molar-refractivity contribution >= 4 is 35.7 Å². The van der Waals surface area contributed by atoms with E-state index in [1.807, 2.05) is 0 Å². The summed E-state index contributed by atoms with van der Waals surface area (Å²) in [7, 11) is 0. The zero-order valence-corrected chi connectivity index (χ0v) is 16.8. The lowest BCUT2D eigenvalue weighted by Gasteiger charge is -2.21. The molecule has 0 fully saturated rings. The number of aromatic nitrogens is 1. The Balaban J connectivity index is 2.07. The van der Waals surface area contributed by atoms with Gasteiger partial charge in [-0.25, -0.2) is 23.2 Å². The van der Waals surface area contributed by atoms with E-state index in [4.69, 9.17) is 11.6 Å². The van der Waals surface area contributed by atoms with Crippen LogP contribution in [0.25, 0.3) is 11.1 Å². The SMILES string of the molecule is C=NN(/C(=N\N)c1cc(-c2ccc(NC(C)=O)c(F)c2)cnc1N)c1cccc(F)c1F. The Morgan fingerprint density at radius 1 is 1.12 bits per heavy atom. The highest BCUT2D eigenvalue weighted by atomic mass is 19.2. The number of halogens is 3. The molecule has 0 aliphatic rings. The number of hydrazone groups is 2. The molecule has 2 aromatic carbocycles. The molecule has 3 aromatic rings. The number of nitrogen functional groups attached to an aromatic ring is 1. The molecule has 11 heteroatoms. The monoisotopic (exact) mass is 441 g/mol. The van der Waals surface area contributed by atoms with Crippen LogP contribution < -0.4 is 21.9 Å². The topological polar surface area (TPSA) is 122 Å². The van der Waals surface area contributed by atoms with Crippen LogP contribution in [0.5, 0.6) is 0 Å². The second-order valence-corrected chi connectivity index (χ2v) is 6.51. The normalized spacial score (nSPS) is 11.2. The van der Waals surface area contributed by atoms with Gasteiger partial charge in [-0.2, -0.15) is 10.2 Å². The van der Waals surface area contributed by atoms with Crippen LogP contribution in [-0.2, 0) is 4.79 Å². The predicted octanol–water partition coefficient (Wildman–Crippen LogP) is 3.45. The second-order valence-electron chi connectivity index (χ2n) is 6.51. The van der Waals surface area contributed by atoms with Crippen molar-refractivity contribution in [1.29, 1.82) is 0 Å². The molecular formula is C21H18F3N7O. The number of carbonyl (C=O) groups is 1. The number of nitrogens with two attached hydrogens (primary N) is 2. The highest BCUT2D eigenvalue weighted by Crippen LogP contribution is 2.29. The minimum absolute atomic E-state index is 0.0118. The minimum atomic E-state index is -1.20. The third-order valence-electron chi connectivity index (χ3n) is 4.40. The fourth-order valence-electron chi connectivity index (χ4n) is 2.95. The van der Waals surface area contributed by atoms with E-state index in [1.165, 1.54) is 43.5 Å². The van der Waals surface area contributed by atoms with Gasteiger partial charge in [0.1, 0.15) is 17.3 Å². The molecule has 0 radical (unpaired) electrons. The molecule has 5 N–H and O–H groups in total. The zero-order valence-electron chi connectivity index (χ0n) is 16.8. The van der Waals surface area contributed by atoms with Crippen LogP contribution in [0.2, 0.25) is 0 Å². The van der Waals surface area contributed by atoms with Crippen molar-refractivity contribution in [3.8, 4) is 11.1 Å². The van der Waals surface area contributed by atoms with E-state index in [-0.39, 0.29) is 28.6 Å². The third kappa shape index (κ3) is 4.36. The van der Waals surface area contributed by atoms with E-state index in [2.05, 4.69) is 27.2 Å².